The van der Waals surface area contributed by atoms with Gasteiger partial charge in [0.25, 0.3) is 5.91 Å². The van der Waals surface area contributed by atoms with Crippen molar-refractivity contribution in [2.75, 3.05) is 11.9 Å². The average Bonchev–Trinajstić information content (AvgIpc) is 3.22. The van der Waals surface area contributed by atoms with Crippen LogP contribution in [0.25, 0.3) is 0 Å². The third kappa shape index (κ3) is 4.45. The highest BCUT2D eigenvalue weighted by Crippen LogP contribution is 2.33. The number of hydrogen-bond donors (Lipinski definition) is 1. The molecule has 0 spiro atoms. The van der Waals surface area contributed by atoms with E-state index >= 15 is 0 Å². The molecule has 2 aromatic carbocycles. The smallest absolute Gasteiger partial charge is 0.296 e. The number of fused-ring (bicyclic) bond motifs is 1. The number of nitrogens with zero attached hydrogens (tertiary/aromatic N) is 3. The molecule has 0 saturated carbocycles. The molecule has 1 aromatic heterocycles. The van der Waals surface area contributed by atoms with Crippen LogP contribution in [0.1, 0.15) is 26.5 Å². The number of amides is 1. The monoisotopic (exact) mass is 468 g/mol. The second kappa shape index (κ2) is 8.02. The molecule has 1 aliphatic heterocycles. The maximum Gasteiger partial charge on any atom is 0.445 e. The first-order chi connectivity index (χ1) is 14.6. The summed E-state index contributed by atoms with van der Waals surface area (Å²) >= 11 is 0.183. The minimum atomic E-state index is -4.66. The molecule has 2 heterocycles. The van der Waals surface area contributed by atoms with Crippen LogP contribution in [0.3, 0.4) is 0 Å². The molecule has 0 unspecified atom stereocenters. The summed E-state index contributed by atoms with van der Waals surface area (Å²) in [4.78, 5) is 12.4. The maximum atomic E-state index is 13.1. The Morgan fingerprint density at radius 3 is 2.52 bits per heavy atom. The van der Waals surface area contributed by atoms with Crippen molar-refractivity contribution in [1.82, 2.24) is 14.5 Å². The van der Waals surface area contributed by atoms with Gasteiger partial charge in [0.15, 0.2) is 0 Å². The number of carbonyl (C=O) groups excluding carboxylic acids is 1. The standard InChI is InChI=1S/C19H15F3N4O3S2/c20-19(21,22)17-24-25-18(30-17)23-16(27)13-6-3-7-15(10-13)31(28,29)26-9-8-12-4-1-2-5-14(12)11-26/h1-7,10H,8-9,11H2,(H,23,25,27). The van der Waals surface area contributed by atoms with Gasteiger partial charge in [0.1, 0.15) is 0 Å². The van der Waals surface area contributed by atoms with Crippen molar-refractivity contribution in [3.05, 3.63) is 70.2 Å². The van der Waals surface area contributed by atoms with Crippen LogP contribution < -0.4 is 5.32 Å². The van der Waals surface area contributed by atoms with Gasteiger partial charge in [-0.2, -0.15) is 17.5 Å². The van der Waals surface area contributed by atoms with Crippen LogP contribution in [0.4, 0.5) is 18.3 Å². The zero-order chi connectivity index (χ0) is 22.2. The Hall–Kier alpha value is -2.83. The van der Waals surface area contributed by atoms with Crippen molar-refractivity contribution in [3.63, 3.8) is 0 Å². The van der Waals surface area contributed by atoms with Gasteiger partial charge >= 0.3 is 6.18 Å². The summed E-state index contributed by atoms with van der Waals surface area (Å²) in [5.41, 5.74) is 1.99. The van der Waals surface area contributed by atoms with Gasteiger partial charge in [-0.05, 0) is 35.7 Å². The summed E-state index contributed by atoms with van der Waals surface area (Å²) in [7, 11) is -3.87. The highest BCUT2D eigenvalue weighted by atomic mass is 32.2. The topological polar surface area (TPSA) is 92.3 Å². The Kier molecular flexibility index (Phi) is 5.54. The van der Waals surface area contributed by atoms with E-state index in [-0.39, 0.29) is 33.5 Å². The Morgan fingerprint density at radius 1 is 1.06 bits per heavy atom. The first-order valence-corrected chi connectivity index (χ1v) is 11.3. The number of halogens is 3. The van der Waals surface area contributed by atoms with Crippen LogP contribution in [0.15, 0.2) is 53.4 Å². The number of hydrogen-bond acceptors (Lipinski definition) is 6. The minimum absolute atomic E-state index is 0.0257. The summed E-state index contributed by atoms with van der Waals surface area (Å²) in [5.74, 6) is -0.786. The summed E-state index contributed by atoms with van der Waals surface area (Å²) in [6, 6.07) is 12.9. The second-order valence-electron chi connectivity index (χ2n) is 6.75. The first kappa shape index (κ1) is 21.4. The van der Waals surface area contributed by atoms with Crippen LogP contribution in [0.2, 0.25) is 0 Å². The fourth-order valence-corrected chi connectivity index (χ4v) is 5.25. The van der Waals surface area contributed by atoms with Crippen LogP contribution in [0.5, 0.6) is 0 Å². The van der Waals surface area contributed by atoms with Crippen LogP contribution >= 0.6 is 11.3 Å². The van der Waals surface area contributed by atoms with Gasteiger partial charge in [-0.25, -0.2) is 8.42 Å². The predicted octanol–water partition coefficient (Wildman–Crippen LogP) is 3.56. The molecular weight excluding hydrogens is 453 g/mol. The van der Waals surface area contributed by atoms with E-state index in [1.807, 2.05) is 24.3 Å². The lowest BCUT2D eigenvalue weighted by Crippen LogP contribution is -2.36. The third-order valence-electron chi connectivity index (χ3n) is 4.72. The van der Waals surface area contributed by atoms with Crippen LogP contribution in [-0.4, -0.2) is 35.4 Å². The predicted molar refractivity (Wildman–Crippen MR) is 107 cm³/mol. The molecular formula is C19H15F3N4O3S2. The molecule has 0 aliphatic carbocycles. The van der Waals surface area contributed by atoms with Crippen molar-refractivity contribution in [3.8, 4) is 0 Å². The SMILES string of the molecule is O=C(Nc1nnc(C(F)(F)F)s1)c1cccc(S(=O)(=O)N2CCc3ccccc3C2)c1. The van der Waals surface area contributed by atoms with Gasteiger partial charge in [0.05, 0.1) is 4.90 Å². The van der Waals surface area contributed by atoms with E-state index in [0.29, 0.717) is 13.0 Å². The molecule has 0 fully saturated rings. The molecule has 7 nitrogen and oxygen atoms in total. The molecule has 0 atom stereocenters. The number of carbonyl (C=O) groups is 1. The molecule has 162 valence electrons. The lowest BCUT2D eigenvalue weighted by atomic mass is 10.0. The largest absolute Gasteiger partial charge is 0.445 e. The van der Waals surface area contributed by atoms with Crippen molar-refractivity contribution in [1.29, 1.82) is 0 Å². The number of alkyl halides is 3. The van der Waals surface area contributed by atoms with Crippen molar-refractivity contribution in [2.45, 2.75) is 24.0 Å². The van der Waals surface area contributed by atoms with E-state index in [1.165, 1.54) is 28.6 Å². The van der Waals surface area contributed by atoms with Gasteiger partial charge in [-0.1, -0.05) is 41.7 Å². The Balaban J connectivity index is 1.54. The fraction of sp³-hybridized carbons (Fsp3) is 0.211. The van der Waals surface area contributed by atoms with E-state index in [1.54, 1.807) is 0 Å². The van der Waals surface area contributed by atoms with Crippen molar-refractivity contribution in [2.24, 2.45) is 0 Å². The zero-order valence-corrected chi connectivity index (χ0v) is 17.4. The van der Waals surface area contributed by atoms with Crippen molar-refractivity contribution >= 4 is 32.4 Å². The fourth-order valence-electron chi connectivity index (χ4n) is 3.18. The molecule has 0 radical (unpaired) electrons. The van der Waals surface area contributed by atoms with E-state index < -0.39 is 27.1 Å². The summed E-state index contributed by atoms with van der Waals surface area (Å²) in [6.07, 6.45) is -4.09. The van der Waals surface area contributed by atoms with Gasteiger partial charge in [-0.15, -0.1) is 10.2 Å². The molecule has 12 heteroatoms. The molecule has 31 heavy (non-hydrogen) atoms. The number of benzene rings is 2. The minimum Gasteiger partial charge on any atom is -0.296 e. The van der Waals surface area contributed by atoms with Crippen LogP contribution in [-0.2, 0) is 29.2 Å². The van der Waals surface area contributed by atoms with Crippen LogP contribution in [0, 0.1) is 0 Å². The van der Waals surface area contributed by atoms with E-state index in [0.717, 1.165) is 11.1 Å². The molecule has 1 N–H and O–H groups in total. The molecule has 3 aromatic rings. The summed E-state index contributed by atoms with van der Waals surface area (Å²) in [6.45, 7) is 0.528. The van der Waals surface area contributed by atoms with E-state index in [4.69, 9.17) is 0 Å². The Bertz CT molecular complexity index is 1240. The van der Waals surface area contributed by atoms with Gasteiger partial charge < -0.3 is 0 Å². The molecule has 0 bridgehead atoms. The summed E-state index contributed by atoms with van der Waals surface area (Å²) < 4.78 is 65.4. The molecule has 0 saturated heterocycles. The van der Waals surface area contributed by atoms with E-state index in [2.05, 4.69) is 15.5 Å². The second-order valence-corrected chi connectivity index (χ2v) is 9.66. The van der Waals surface area contributed by atoms with Gasteiger partial charge in [0, 0.05) is 18.7 Å². The number of aromatic nitrogens is 2. The third-order valence-corrected chi connectivity index (χ3v) is 7.44. The van der Waals surface area contributed by atoms with Gasteiger partial charge in [0.2, 0.25) is 20.2 Å². The highest BCUT2D eigenvalue weighted by Gasteiger charge is 2.36. The highest BCUT2D eigenvalue weighted by molar-refractivity contribution is 7.89. The molecule has 4 rings (SSSR count). The van der Waals surface area contributed by atoms with Gasteiger partial charge in [-0.3, -0.25) is 10.1 Å². The normalized spacial score (nSPS) is 14.8. The zero-order valence-electron chi connectivity index (χ0n) is 15.8. The summed E-state index contributed by atoms with van der Waals surface area (Å²) in [5, 5.41) is 7.00. The molecule has 1 aliphatic rings. The number of rotatable bonds is 4. The lowest BCUT2D eigenvalue weighted by Gasteiger charge is -2.28. The lowest BCUT2D eigenvalue weighted by molar-refractivity contribution is -0.138. The number of sulfonamides is 1. The Labute approximate surface area is 179 Å². The Morgan fingerprint density at radius 2 is 1.81 bits per heavy atom. The van der Waals surface area contributed by atoms with Crippen molar-refractivity contribution < 1.29 is 26.4 Å². The maximum absolute atomic E-state index is 13.1. The number of nitrogens with one attached hydrogen (secondary N) is 1. The molecule has 1 amide bonds. The quantitative estimate of drug-likeness (QED) is 0.632. The first-order valence-electron chi connectivity index (χ1n) is 9.03. The van der Waals surface area contributed by atoms with E-state index in [9.17, 15) is 26.4 Å². The number of anilines is 1. The average molecular weight is 468 g/mol.